The van der Waals surface area contributed by atoms with Crippen LogP contribution in [-0.2, 0) is 19.1 Å². The maximum Gasteiger partial charge on any atom is 0.331 e. The number of carboxylic acid groups (broad SMARTS) is 1. The fraction of sp³-hybridized carbons (Fsp3) is 0.769. The summed E-state index contributed by atoms with van der Waals surface area (Å²) in [6, 6.07) is 0. The number of nitrogens with one attached hydrogen (secondary N) is 2. The Morgan fingerprint density at radius 1 is 1.30 bits per heavy atom. The first-order valence-corrected chi connectivity index (χ1v) is 6.93. The van der Waals surface area contributed by atoms with Gasteiger partial charge in [-0.2, -0.15) is 0 Å². The third kappa shape index (κ3) is 3.69. The van der Waals surface area contributed by atoms with Crippen LogP contribution in [0, 0.1) is 5.92 Å². The first kappa shape index (κ1) is 14.8. The van der Waals surface area contributed by atoms with E-state index in [9.17, 15) is 19.5 Å². The third-order valence-electron chi connectivity index (χ3n) is 3.64. The van der Waals surface area contributed by atoms with Crippen molar-refractivity contribution in [2.24, 2.45) is 5.92 Å². The quantitative estimate of drug-likeness (QED) is 0.554. The Morgan fingerprint density at radius 2 is 2.05 bits per heavy atom. The minimum Gasteiger partial charge on any atom is -0.479 e. The maximum atomic E-state index is 11.8. The van der Waals surface area contributed by atoms with Crippen LogP contribution in [-0.4, -0.2) is 48.2 Å². The lowest BCUT2D eigenvalue weighted by Crippen LogP contribution is -2.55. The van der Waals surface area contributed by atoms with Gasteiger partial charge in [-0.25, -0.2) is 4.79 Å². The highest BCUT2D eigenvalue weighted by atomic mass is 16.5. The molecule has 0 spiro atoms. The summed E-state index contributed by atoms with van der Waals surface area (Å²) in [4.78, 5) is 34.3. The van der Waals surface area contributed by atoms with Crippen LogP contribution in [0.3, 0.4) is 0 Å². The van der Waals surface area contributed by atoms with Gasteiger partial charge in [0.05, 0.1) is 6.61 Å². The number of rotatable bonds is 7. The predicted molar refractivity (Wildman–Crippen MR) is 68.9 cm³/mol. The van der Waals surface area contributed by atoms with Gasteiger partial charge in [0, 0.05) is 31.9 Å². The van der Waals surface area contributed by atoms with Crippen molar-refractivity contribution >= 4 is 17.8 Å². The van der Waals surface area contributed by atoms with E-state index in [0.717, 1.165) is 12.8 Å². The van der Waals surface area contributed by atoms with Crippen molar-refractivity contribution in [2.45, 2.75) is 37.6 Å². The molecule has 1 saturated heterocycles. The maximum absolute atomic E-state index is 11.8. The van der Waals surface area contributed by atoms with Crippen LogP contribution in [0.4, 0.5) is 0 Å². The van der Waals surface area contributed by atoms with Crippen LogP contribution in [0.5, 0.6) is 0 Å². The highest BCUT2D eigenvalue weighted by molar-refractivity contribution is 5.87. The fourth-order valence-electron chi connectivity index (χ4n) is 2.17. The van der Waals surface area contributed by atoms with E-state index >= 15 is 0 Å². The van der Waals surface area contributed by atoms with E-state index in [-0.39, 0.29) is 37.2 Å². The number of amides is 2. The Kier molecular flexibility index (Phi) is 4.59. The van der Waals surface area contributed by atoms with Crippen molar-refractivity contribution in [1.82, 2.24) is 10.6 Å². The van der Waals surface area contributed by atoms with E-state index < -0.39 is 11.5 Å². The van der Waals surface area contributed by atoms with Crippen molar-refractivity contribution in [3.05, 3.63) is 0 Å². The van der Waals surface area contributed by atoms with Gasteiger partial charge in [0.15, 0.2) is 5.54 Å². The monoisotopic (exact) mass is 284 g/mol. The Hall–Kier alpha value is -1.63. The highest BCUT2D eigenvalue weighted by Crippen LogP contribution is 2.28. The van der Waals surface area contributed by atoms with Crippen molar-refractivity contribution < 1.29 is 24.2 Å². The summed E-state index contributed by atoms with van der Waals surface area (Å²) in [5.74, 6) is -1.17. The molecule has 1 aliphatic carbocycles. The number of carbonyl (C=O) groups excluding carboxylic acids is 2. The number of carboxylic acids is 1. The average molecular weight is 284 g/mol. The van der Waals surface area contributed by atoms with Crippen LogP contribution < -0.4 is 10.6 Å². The van der Waals surface area contributed by atoms with Gasteiger partial charge in [-0.15, -0.1) is 0 Å². The summed E-state index contributed by atoms with van der Waals surface area (Å²) in [5, 5.41) is 14.5. The topological polar surface area (TPSA) is 105 Å². The molecule has 1 aliphatic heterocycles. The Morgan fingerprint density at radius 3 is 2.60 bits per heavy atom. The summed E-state index contributed by atoms with van der Waals surface area (Å²) >= 11 is 0. The minimum atomic E-state index is -1.28. The molecule has 1 saturated carbocycles. The van der Waals surface area contributed by atoms with Crippen molar-refractivity contribution in [1.29, 1.82) is 0 Å². The molecule has 3 N–H and O–H groups in total. The zero-order chi connectivity index (χ0) is 14.6. The average Bonchev–Trinajstić information content (AvgIpc) is 3.15. The van der Waals surface area contributed by atoms with Crippen LogP contribution in [0.2, 0.25) is 0 Å². The lowest BCUT2D eigenvalue weighted by atomic mass is 9.98. The molecule has 2 aliphatic rings. The van der Waals surface area contributed by atoms with Gasteiger partial charge in [-0.3, -0.25) is 9.59 Å². The molecule has 0 aromatic heterocycles. The highest BCUT2D eigenvalue weighted by Gasteiger charge is 2.43. The second-order valence-electron chi connectivity index (χ2n) is 5.41. The van der Waals surface area contributed by atoms with Gasteiger partial charge < -0.3 is 20.5 Å². The van der Waals surface area contributed by atoms with Gasteiger partial charge in [-0.1, -0.05) is 0 Å². The van der Waals surface area contributed by atoms with Gasteiger partial charge in [0.1, 0.15) is 0 Å². The first-order chi connectivity index (χ1) is 9.53. The Labute approximate surface area is 117 Å². The molecule has 7 nitrogen and oxygen atoms in total. The molecular weight excluding hydrogens is 264 g/mol. The van der Waals surface area contributed by atoms with Gasteiger partial charge in [-0.05, 0) is 19.3 Å². The molecule has 2 amide bonds. The molecule has 0 aromatic carbocycles. The lowest BCUT2D eigenvalue weighted by Gasteiger charge is -2.23. The number of ether oxygens (including phenoxy) is 1. The summed E-state index contributed by atoms with van der Waals surface area (Å²) < 4.78 is 5.06. The molecule has 2 rings (SSSR count). The first-order valence-electron chi connectivity index (χ1n) is 6.93. The van der Waals surface area contributed by atoms with E-state index in [4.69, 9.17) is 4.74 Å². The SMILES string of the molecule is O=C(CCCNC(=O)C1CC1)NC1(C(=O)O)CCOC1. The number of aliphatic carboxylic acids is 1. The largest absolute Gasteiger partial charge is 0.479 e. The number of hydrogen-bond donors (Lipinski definition) is 3. The molecule has 1 unspecified atom stereocenters. The van der Waals surface area contributed by atoms with Gasteiger partial charge >= 0.3 is 5.97 Å². The predicted octanol–water partition coefficient (Wildman–Crippen LogP) is -0.347. The van der Waals surface area contributed by atoms with Gasteiger partial charge in [0.2, 0.25) is 11.8 Å². The van der Waals surface area contributed by atoms with Crippen LogP contribution in [0.15, 0.2) is 0 Å². The Balaban J connectivity index is 1.66. The molecule has 0 bridgehead atoms. The van der Waals surface area contributed by atoms with Crippen molar-refractivity contribution in [2.75, 3.05) is 19.8 Å². The van der Waals surface area contributed by atoms with Crippen molar-refractivity contribution in [3.63, 3.8) is 0 Å². The fourth-order valence-corrected chi connectivity index (χ4v) is 2.17. The second kappa shape index (κ2) is 6.21. The summed E-state index contributed by atoms with van der Waals surface area (Å²) in [5.41, 5.74) is -1.28. The lowest BCUT2D eigenvalue weighted by molar-refractivity contribution is -0.147. The summed E-state index contributed by atoms with van der Waals surface area (Å²) in [6.07, 6.45) is 2.88. The number of carbonyl (C=O) groups is 3. The van der Waals surface area contributed by atoms with E-state index in [0.29, 0.717) is 19.6 Å². The van der Waals surface area contributed by atoms with Crippen molar-refractivity contribution in [3.8, 4) is 0 Å². The molecule has 0 radical (unpaired) electrons. The third-order valence-corrected chi connectivity index (χ3v) is 3.64. The molecular formula is C13H20N2O5. The molecule has 112 valence electrons. The molecule has 1 atom stereocenters. The standard InChI is InChI=1S/C13H20N2O5/c16-10(2-1-6-14-11(17)9-3-4-9)15-13(12(18)19)5-7-20-8-13/h9H,1-8H2,(H,14,17)(H,15,16)(H,18,19). The zero-order valence-corrected chi connectivity index (χ0v) is 11.3. The zero-order valence-electron chi connectivity index (χ0n) is 11.3. The van der Waals surface area contributed by atoms with E-state index in [1.165, 1.54) is 0 Å². The molecule has 0 aromatic rings. The summed E-state index contributed by atoms with van der Waals surface area (Å²) in [7, 11) is 0. The molecule has 7 heteroatoms. The summed E-state index contributed by atoms with van der Waals surface area (Å²) in [6.45, 7) is 0.788. The number of hydrogen-bond acceptors (Lipinski definition) is 4. The minimum absolute atomic E-state index is 0.00644. The smallest absolute Gasteiger partial charge is 0.331 e. The molecule has 2 fully saturated rings. The van der Waals surface area contributed by atoms with Crippen LogP contribution in [0.1, 0.15) is 32.1 Å². The van der Waals surface area contributed by atoms with Gasteiger partial charge in [0.25, 0.3) is 0 Å². The second-order valence-corrected chi connectivity index (χ2v) is 5.41. The van der Waals surface area contributed by atoms with E-state index in [2.05, 4.69) is 10.6 Å². The van der Waals surface area contributed by atoms with Crippen LogP contribution in [0.25, 0.3) is 0 Å². The molecule has 1 heterocycles. The van der Waals surface area contributed by atoms with E-state index in [1.54, 1.807) is 0 Å². The normalized spacial score (nSPS) is 25.2. The molecule has 20 heavy (non-hydrogen) atoms. The van der Waals surface area contributed by atoms with E-state index in [1.807, 2.05) is 0 Å². The van der Waals surface area contributed by atoms with Crippen LogP contribution >= 0.6 is 0 Å². The Bertz CT molecular complexity index is 400.